The summed E-state index contributed by atoms with van der Waals surface area (Å²) in [5.74, 6) is 1.88. The number of carbonyl (C=O) groups excluding carboxylic acids is 1. The van der Waals surface area contributed by atoms with Gasteiger partial charge in [0.25, 0.3) is 0 Å². The molecule has 98 valence electrons. The van der Waals surface area contributed by atoms with Crippen LogP contribution in [0.4, 0.5) is 0 Å². The Kier molecular flexibility index (Phi) is 4.84. The quantitative estimate of drug-likeness (QED) is 0.797. The molecule has 0 aromatic rings. The van der Waals surface area contributed by atoms with Crippen molar-refractivity contribution in [2.75, 3.05) is 19.6 Å². The molecular weight excluding hydrogens is 212 g/mol. The zero-order chi connectivity index (χ0) is 12.1. The summed E-state index contributed by atoms with van der Waals surface area (Å²) in [6.45, 7) is 2.68. The van der Waals surface area contributed by atoms with Crippen LogP contribution in [-0.4, -0.2) is 30.4 Å². The molecule has 1 saturated heterocycles. The summed E-state index contributed by atoms with van der Waals surface area (Å²) < 4.78 is 0. The van der Waals surface area contributed by atoms with Gasteiger partial charge < -0.3 is 10.6 Å². The van der Waals surface area contributed by atoms with E-state index in [9.17, 15) is 4.79 Å². The van der Waals surface area contributed by atoms with Gasteiger partial charge in [-0.15, -0.1) is 0 Å². The molecule has 2 aliphatic rings. The summed E-state index contributed by atoms with van der Waals surface area (Å²) in [7, 11) is 0. The van der Waals surface area contributed by atoms with Gasteiger partial charge >= 0.3 is 0 Å². The first-order valence-electron chi connectivity index (χ1n) is 7.27. The average molecular weight is 238 g/mol. The second-order valence-corrected chi connectivity index (χ2v) is 5.76. The highest BCUT2D eigenvalue weighted by Gasteiger charge is 2.26. The number of likely N-dealkylation sites (tertiary alicyclic amines) is 1. The minimum absolute atomic E-state index is 0.386. The highest BCUT2D eigenvalue weighted by atomic mass is 16.2. The smallest absolute Gasteiger partial charge is 0.222 e. The standard InChI is InChI=1S/C14H26N2O/c15-9-7-13-8-10-16(11-13)14(17)6-5-12-3-1-2-4-12/h12-13H,1-11,15H2. The maximum absolute atomic E-state index is 12.0. The summed E-state index contributed by atoms with van der Waals surface area (Å²) >= 11 is 0. The molecule has 0 bridgehead atoms. The van der Waals surface area contributed by atoms with E-state index < -0.39 is 0 Å². The van der Waals surface area contributed by atoms with Crippen LogP contribution in [0.25, 0.3) is 0 Å². The van der Waals surface area contributed by atoms with E-state index in [4.69, 9.17) is 5.73 Å². The first-order valence-corrected chi connectivity index (χ1v) is 7.27. The number of hydrogen-bond donors (Lipinski definition) is 1. The molecule has 0 aromatic heterocycles. The third-order valence-electron chi connectivity index (χ3n) is 4.45. The van der Waals surface area contributed by atoms with Crippen molar-refractivity contribution >= 4 is 5.91 Å². The van der Waals surface area contributed by atoms with Crippen molar-refractivity contribution < 1.29 is 4.79 Å². The van der Waals surface area contributed by atoms with Gasteiger partial charge in [-0.25, -0.2) is 0 Å². The number of nitrogens with two attached hydrogens (primary N) is 1. The van der Waals surface area contributed by atoms with E-state index in [1.165, 1.54) is 25.7 Å². The molecule has 1 aliphatic carbocycles. The number of nitrogens with zero attached hydrogens (tertiary/aromatic N) is 1. The number of carbonyl (C=O) groups is 1. The molecule has 1 aliphatic heterocycles. The molecule has 2 N–H and O–H groups in total. The SMILES string of the molecule is NCCC1CCN(C(=O)CCC2CCCC2)C1. The molecule has 17 heavy (non-hydrogen) atoms. The van der Waals surface area contributed by atoms with Crippen molar-refractivity contribution in [1.82, 2.24) is 4.90 Å². The third-order valence-corrected chi connectivity index (χ3v) is 4.45. The summed E-state index contributed by atoms with van der Waals surface area (Å²) in [5.41, 5.74) is 5.57. The van der Waals surface area contributed by atoms with Crippen molar-refractivity contribution in [2.24, 2.45) is 17.6 Å². The molecule has 1 unspecified atom stereocenters. The molecule has 3 nitrogen and oxygen atoms in total. The van der Waals surface area contributed by atoms with E-state index in [1.807, 2.05) is 0 Å². The van der Waals surface area contributed by atoms with Crippen LogP contribution >= 0.6 is 0 Å². The molecule has 0 spiro atoms. The van der Waals surface area contributed by atoms with Crippen LogP contribution in [0.15, 0.2) is 0 Å². The van der Waals surface area contributed by atoms with Crippen LogP contribution < -0.4 is 5.73 Å². The van der Waals surface area contributed by atoms with Crippen molar-refractivity contribution in [3.05, 3.63) is 0 Å². The zero-order valence-corrected chi connectivity index (χ0v) is 10.9. The Bertz CT molecular complexity index is 249. The van der Waals surface area contributed by atoms with Gasteiger partial charge in [-0.3, -0.25) is 4.79 Å². The van der Waals surface area contributed by atoms with Gasteiger partial charge in [0.2, 0.25) is 5.91 Å². The van der Waals surface area contributed by atoms with Crippen LogP contribution in [0.3, 0.4) is 0 Å². The van der Waals surface area contributed by atoms with Crippen molar-refractivity contribution in [3.63, 3.8) is 0 Å². The van der Waals surface area contributed by atoms with Gasteiger partial charge in [0.05, 0.1) is 0 Å². The van der Waals surface area contributed by atoms with Gasteiger partial charge in [0, 0.05) is 19.5 Å². The fourth-order valence-corrected chi connectivity index (χ4v) is 3.32. The first-order chi connectivity index (χ1) is 8.29. The van der Waals surface area contributed by atoms with Gasteiger partial charge in [0.1, 0.15) is 0 Å². The molecule has 0 radical (unpaired) electrons. The highest BCUT2D eigenvalue weighted by Crippen LogP contribution is 2.29. The van der Waals surface area contributed by atoms with Gasteiger partial charge in [0.15, 0.2) is 0 Å². The Labute approximate surface area is 105 Å². The predicted octanol–water partition coefficient (Wildman–Crippen LogP) is 2.15. The van der Waals surface area contributed by atoms with E-state index in [2.05, 4.69) is 4.90 Å². The molecule has 1 saturated carbocycles. The number of rotatable bonds is 5. The Morgan fingerprint density at radius 2 is 1.88 bits per heavy atom. The summed E-state index contributed by atoms with van der Waals surface area (Å²) in [6.07, 6.45) is 9.59. The topological polar surface area (TPSA) is 46.3 Å². The predicted molar refractivity (Wildman–Crippen MR) is 69.6 cm³/mol. The van der Waals surface area contributed by atoms with E-state index in [0.29, 0.717) is 11.8 Å². The lowest BCUT2D eigenvalue weighted by Crippen LogP contribution is -2.29. The second kappa shape index (κ2) is 6.39. The second-order valence-electron chi connectivity index (χ2n) is 5.76. The molecule has 3 heteroatoms. The average Bonchev–Trinajstić information content (AvgIpc) is 2.97. The van der Waals surface area contributed by atoms with E-state index in [0.717, 1.165) is 51.2 Å². The Morgan fingerprint density at radius 3 is 2.59 bits per heavy atom. The van der Waals surface area contributed by atoms with Crippen molar-refractivity contribution in [1.29, 1.82) is 0 Å². The molecular formula is C14H26N2O. The van der Waals surface area contributed by atoms with Crippen LogP contribution in [0, 0.1) is 11.8 Å². The molecule has 1 amide bonds. The fourth-order valence-electron chi connectivity index (χ4n) is 3.32. The number of amides is 1. The van der Waals surface area contributed by atoms with Crippen LogP contribution in [0.1, 0.15) is 51.4 Å². The Morgan fingerprint density at radius 1 is 1.12 bits per heavy atom. The first kappa shape index (κ1) is 12.9. The normalized spacial score (nSPS) is 25.7. The zero-order valence-electron chi connectivity index (χ0n) is 10.9. The molecule has 2 fully saturated rings. The summed E-state index contributed by atoms with van der Waals surface area (Å²) in [4.78, 5) is 14.1. The van der Waals surface area contributed by atoms with Gasteiger partial charge in [-0.2, -0.15) is 0 Å². The van der Waals surface area contributed by atoms with Gasteiger partial charge in [-0.1, -0.05) is 25.7 Å². The molecule has 0 aromatic carbocycles. The largest absolute Gasteiger partial charge is 0.342 e. The Balaban J connectivity index is 1.66. The van der Waals surface area contributed by atoms with E-state index in [-0.39, 0.29) is 0 Å². The fraction of sp³-hybridized carbons (Fsp3) is 0.929. The van der Waals surface area contributed by atoms with Crippen LogP contribution in [-0.2, 0) is 4.79 Å². The van der Waals surface area contributed by atoms with Gasteiger partial charge in [-0.05, 0) is 37.6 Å². The summed E-state index contributed by atoms with van der Waals surface area (Å²) in [6, 6.07) is 0. The molecule has 2 rings (SSSR count). The van der Waals surface area contributed by atoms with Crippen LogP contribution in [0.2, 0.25) is 0 Å². The maximum atomic E-state index is 12.0. The lowest BCUT2D eigenvalue weighted by Gasteiger charge is -2.17. The minimum atomic E-state index is 0.386. The third kappa shape index (κ3) is 3.70. The lowest BCUT2D eigenvalue weighted by atomic mass is 10.0. The lowest BCUT2D eigenvalue weighted by molar-refractivity contribution is -0.130. The molecule has 1 heterocycles. The highest BCUT2D eigenvalue weighted by molar-refractivity contribution is 5.76. The van der Waals surface area contributed by atoms with Crippen molar-refractivity contribution in [2.45, 2.75) is 51.4 Å². The Hall–Kier alpha value is -0.570. The van der Waals surface area contributed by atoms with Crippen molar-refractivity contribution in [3.8, 4) is 0 Å². The van der Waals surface area contributed by atoms with Crippen LogP contribution in [0.5, 0.6) is 0 Å². The number of hydrogen-bond acceptors (Lipinski definition) is 2. The molecule has 1 atom stereocenters. The maximum Gasteiger partial charge on any atom is 0.222 e. The monoisotopic (exact) mass is 238 g/mol. The van der Waals surface area contributed by atoms with E-state index in [1.54, 1.807) is 0 Å². The minimum Gasteiger partial charge on any atom is -0.342 e. The summed E-state index contributed by atoms with van der Waals surface area (Å²) in [5, 5.41) is 0. The van der Waals surface area contributed by atoms with E-state index >= 15 is 0 Å².